The summed E-state index contributed by atoms with van der Waals surface area (Å²) in [4.78, 5) is 4.25. The molecule has 0 spiro atoms. The molecule has 0 heterocycles. The topological polar surface area (TPSA) is 68.9 Å². The monoisotopic (exact) mass is 357 g/mol. The average Bonchev–Trinajstić information content (AvgIpc) is 2.52. The van der Waals surface area contributed by atoms with Crippen LogP contribution < -0.4 is 20.5 Å². The van der Waals surface area contributed by atoms with Gasteiger partial charge in [0.2, 0.25) is 0 Å². The van der Waals surface area contributed by atoms with Gasteiger partial charge in [-0.2, -0.15) is 8.78 Å². The SMILES string of the molecule is COc1ccc(CN=C(N)NC(C)CCCC(C)C)cc1OC(F)F. The van der Waals surface area contributed by atoms with Gasteiger partial charge in [0.05, 0.1) is 13.7 Å². The van der Waals surface area contributed by atoms with Crippen LogP contribution in [0, 0.1) is 5.92 Å². The highest BCUT2D eigenvalue weighted by Crippen LogP contribution is 2.29. The van der Waals surface area contributed by atoms with Gasteiger partial charge in [-0.15, -0.1) is 0 Å². The molecule has 1 aromatic rings. The molecular weight excluding hydrogens is 328 g/mol. The van der Waals surface area contributed by atoms with Crippen LogP contribution in [0.25, 0.3) is 0 Å². The van der Waals surface area contributed by atoms with Crippen molar-refractivity contribution < 1.29 is 18.3 Å². The van der Waals surface area contributed by atoms with Gasteiger partial charge < -0.3 is 20.5 Å². The number of ether oxygens (including phenoxy) is 2. The van der Waals surface area contributed by atoms with E-state index in [1.54, 1.807) is 12.1 Å². The fraction of sp³-hybridized carbons (Fsp3) is 0.611. The minimum absolute atomic E-state index is 0.0150. The second-order valence-electron chi connectivity index (χ2n) is 6.44. The summed E-state index contributed by atoms with van der Waals surface area (Å²) in [6.45, 7) is 3.82. The molecule has 1 atom stereocenters. The maximum atomic E-state index is 12.4. The van der Waals surface area contributed by atoms with Crippen LogP contribution in [0.4, 0.5) is 8.78 Å². The highest BCUT2D eigenvalue weighted by atomic mass is 19.3. The van der Waals surface area contributed by atoms with Gasteiger partial charge in [-0.25, -0.2) is 4.99 Å². The zero-order valence-corrected chi connectivity index (χ0v) is 15.4. The number of hydrogen-bond donors (Lipinski definition) is 2. The smallest absolute Gasteiger partial charge is 0.387 e. The number of nitrogens with one attached hydrogen (secondary N) is 1. The number of benzene rings is 1. The first-order chi connectivity index (χ1) is 11.8. The third-order valence-corrected chi connectivity index (χ3v) is 3.69. The van der Waals surface area contributed by atoms with Crippen LogP contribution in [-0.4, -0.2) is 25.7 Å². The summed E-state index contributed by atoms with van der Waals surface area (Å²) in [6.07, 6.45) is 3.33. The van der Waals surface area contributed by atoms with Gasteiger partial charge in [0.1, 0.15) is 0 Å². The Hall–Kier alpha value is -2.05. The van der Waals surface area contributed by atoms with Crippen LogP contribution >= 0.6 is 0 Å². The molecule has 0 aromatic heterocycles. The van der Waals surface area contributed by atoms with Crippen molar-refractivity contribution in [1.82, 2.24) is 5.32 Å². The molecule has 142 valence electrons. The molecule has 25 heavy (non-hydrogen) atoms. The Labute approximate surface area is 148 Å². The number of guanidine groups is 1. The van der Waals surface area contributed by atoms with E-state index < -0.39 is 6.61 Å². The van der Waals surface area contributed by atoms with Crippen LogP contribution in [0.15, 0.2) is 23.2 Å². The maximum Gasteiger partial charge on any atom is 0.387 e. The molecule has 3 N–H and O–H groups in total. The van der Waals surface area contributed by atoms with Gasteiger partial charge >= 0.3 is 6.61 Å². The molecule has 1 rings (SSSR count). The molecule has 0 aliphatic rings. The van der Waals surface area contributed by atoms with E-state index in [4.69, 9.17) is 10.5 Å². The third-order valence-electron chi connectivity index (χ3n) is 3.69. The molecule has 0 saturated carbocycles. The van der Waals surface area contributed by atoms with E-state index in [-0.39, 0.29) is 24.1 Å². The van der Waals surface area contributed by atoms with Crippen LogP contribution in [0.3, 0.4) is 0 Å². The zero-order chi connectivity index (χ0) is 18.8. The lowest BCUT2D eigenvalue weighted by molar-refractivity contribution is -0.0512. The zero-order valence-electron chi connectivity index (χ0n) is 15.4. The van der Waals surface area contributed by atoms with Crippen molar-refractivity contribution in [2.45, 2.75) is 59.2 Å². The lowest BCUT2D eigenvalue weighted by Gasteiger charge is -2.15. The number of nitrogens with two attached hydrogens (primary N) is 1. The lowest BCUT2D eigenvalue weighted by Crippen LogP contribution is -2.38. The Bertz CT molecular complexity index is 551. The summed E-state index contributed by atoms with van der Waals surface area (Å²) >= 11 is 0. The standard InChI is InChI=1S/C18H29F2N3O2/c1-12(2)6-5-7-13(3)23-18(21)22-11-14-8-9-15(24-4)16(10-14)25-17(19)20/h8-10,12-13,17H,5-7,11H2,1-4H3,(H3,21,22,23). The summed E-state index contributed by atoms with van der Waals surface area (Å²) in [5.41, 5.74) is 6.59. The van der Waals surface area contributed by atoms with E-state index in [2.05, 4.69) is 35.8 Å². The van der Waals surface area contributed by atoms with Gasteiger partial charge in [-0.1, -0.05) is 32.8 Å². The first kappa shape index (κ1) is 21.0. The summed E-state index contributed by atoms with van der Waals surface area (Å²) in [5.74, 6) is 1.26. The van der Waals surface area contributed by atoms with Gasteiger partial charge in [0, 0.05) is 6.04 Å². The highest BCUT2D eigenvalue weighted by molar-refractivity contribution is 5.78. The number of alkyl halides is 2. The summed E-state index contributed by atoms with van der Waals surface area (Å²) in [5, 5.41) is 3.15. The van der Waals surface area contributed by atoms with E-state index in [0.717, 1.165) is 12.8 Å². The molecule has 0 amide bonds. The Morgan fingerprint density at radius 3 is 2.52 bits per heavy atom. The van der Waals surface area contributed by atoms with E-state index in [9.17, 15) is 8.78 Å². The highest BCUT2D eigenvalue weighted by Gasteiger charge is 2.11. The number of hydrogen-bond acceptors (Lipinski definition) is 3. The molecule has 0 bridgehead atoms. The molecular formula is C18H29F2N3O2. The van der Waals surface area contributed by atoms with E-state index in [0.29, 0.717) is 17.4 Å². The molecule has 1 aromatic carbocycles. The van der Waals surface area contributed by atoms with Crippen molar-refractivity contribution in [3.8, 4) is 11.5 Å². The summed E-state index contributed by atoms with van der Waals surface area (Å²) in [7, 11) is 1.40. The number of rotatable bonds is 10. The van der Waals surface area contributed by atoms with E-state index in [1.165, 1.54) is 19.6 Å². The van der Waals surface area contributed by atoms with Crippen molar-refractivity contribution in [2.75, 3.05) is 7.11 Å². The Morgan fingerprint density at radius 1 is 1.20 bits per heavy atom. The average molecular weight is 357 g/mol. The minimum atomic E-state index is -2.91. The lowest BCUT2D eigenvalue weighted by atomic mass is 10.0. The minimum Gasteiger partial charge on any atom is -0.493 e. The van der Waals surface area contributed by atoms with Crippen LogP contribution in [0.2, 0.25) is 0 Å². The molecule has 0 fully saturated rings. The van der Waals surface area contributed by atoms with Crippen molar-refractivity contribution >= 4 is 5.96 Å². The van der Waals surface area contributed by atoms with Gasteiger partial charge in [-0.05, 0) is 37.0 Å². The summed E-state index contributed by atoms with van der Waals surface area (Å²) < 4.78 is 34.3. The molecule has 0 radical (unpaired) electrons. The fourth-order valence-electron chi connectivity index (χ4n) is 2.39. The van der Waals surface area contributed by atoms with Crippen molar-refractivity contribution in [2.24, 2.45) is 16.6 Å². The fourth-order valence-corrected chi connectivity index (χ4v) is 2.39. The van der Waals surface area contributed by atoms with Crippen LogP contribution in [0.1, 0.15) is 45.6 Å². The maximum absolute atomic E-state index is 12.4. The van der Waals surface area contributed by atoms with Crippen molar-refractivity contribution in [3.05, 3.63) is 23.8 Å². The molecule has 0 saturated heterocycles. The van der Waals surface area contributed by atoms with Gasteiger partial charge in [0.25, 0.3) is 0 Å². The number of aliphatic imine (C=N–C) groups is 1. The van der Waals surface area contributed by atoms with Crippen molar-refractivity contribution in [3.63, 3.8) is 0 Å². The molecule has 0 aliphatic carbocycles. The van der Waals surface area contributed by atoms with Crippen LogP contribution in [0.5, 0.6) is 11.5 Å². The Morgan fingerprint density at radius 2 is 1.92 bits per heavy atom. The third kappa shape index (κ3) is 8.56. The first-order valence-electron chi connectivity index (χ1n) is 8.50. The predicted molar refractivity (Wildman–Crippen MR) is 96.2 cm³/mol. The van der Waals surface area contributed by atoms with E-state index >= 15 is 0 Å². The number of methoxy groups -OCH3 is 1. The first-order valence-corrected chi connectivity index (χ1v) is 8.50. The molecule has 5 nitrogen and oxygen atoms in total. The quantitative estimate of drug-likeness (QED) is 0.492. The van der Waals surface area contributed by atoms with Gasteiger partial charge in [-0.3, -0.25) is 0 Å². The second kappa shape index (κ2) is 10.7. The number of nitrogens with zero attached hydrogens (tertiary/aromatic N) is 1. The Balaban J connectivity index is 2.58. The predicted octanol–water partition coefficient (Wildman–Crippen LogP) is 3.92. The second-order valence-corrected chi connectivity index (χ2v) is 6.44. The van der Waals surface area contributed by atoms with E-state index in [1.807, 2.05) is 0 Å². The van der Waals surface area contributed by atoms with Crippen molar-refractivity contribution in [1.29, 1.82) is 0 Å². The molecule has 7 heteroatoms. The molecule has 1 unspecified atom stereocenters. The normalized spacial score (nSPS) is 13.2. The Kier molecular flexibility index (Phi) is 9.02. The summed E-state index contributed by atoms with van der Waals surface area (Å²) in [6, 6.07) is 5.02. The molecule has 0 aliphatic heterocycles. The van der Waals surface area contributed by atoms with Gasteiger partial charge in [0.15, 0.2) is 17.5 Å². The number of halogens is 2. The largest absolute Gasteiger partial charge is 0.493 e. The van der Waals surface area contributed by atoms with Crippen LogP contribution in [-0.2, 0) is 6.54 Å².